The summed E-state index contributed by atoms with van der Waals surface area (Å²) >= 11 is 5.07. The fraction of sp³-hybridized carbons (Fsp3) is 0.214. The Balaban J connectivity index is 2.31. The molecule has 0 aliphatic carbocycles. The standard InChI is InChI=1S/C14H14BrN3S/c1-8(2)18-11-4-3-9(15)7-10(11)17-14(18)12-5-6-13(16)19-12/h3-8H,16H2,1-2H3. The lowest BCUT2D eigenvalue weighted by molar-refractivity contribution is 0.625. The molecule has 0 atom stereocenters. The van der Waals surface area contributed by atoms with Crippen molar-refractivity contribution in [2.75, 3.05) is 5.73 Å². The Bertz CT molecular complexity index is 742. The molecule has 0 bridgehead atoms. The van der Waals surface area contributed by atoms with E-state index in [0.717, 1.165) is 31.2 Å². The quantitative estimate of drug-likeness (QED) is 0.738. The van der Waals surface area contributed by atoms with E-state index in [9.17, 15) is 0 Å². The molecule has 0 saturated carbocycles. The zero-order valence-corrected chi connectivity index (χ0v) is 13.1. The number of fused-ring (bicyclic) bond motifs is 1. The Hall–Kier alpha value is -1.33. The van der Waals surface area contributed by atoms with Crippen LogP contribution in [0.5, 0.6) is 0 Å². The van der Waals surface area contributed by atoms with Crippen molar-refractivity contribution < 1.29 is 0 Å². The third-order valence-corrected chi connectivity index (χ3v) is 4.42. The van der Waals surface area contributed by atoms with E-state index in [0.29, 0.717) is 6.04 Å². The van der Waals surface area contributed by atoms with Crippen LogP contribution in [-0.4, -0.2) is 9.55 Å². The van der Waals surface area contributed by atoms with Gasteiger partial charge < -0.3 is 10.3 Å². The fourth-order valence-electron chi connectivity index (χ4n) is 2.24. The van der Waals surface area contributed by atoms with E-state index < -0.39 is 0 Å². The second kappa shape index (κ2) is 4.65. The molecule has 3 aromatic rings. The van der Waals surface area contributed by atoms with Crippen LogP contribution in [0.4, 0.5) is 5.00 Å². The Morgan fingerprint density at radius 2 is 2.05 bits per heavy atom. The van der Waals surface area contributed by atoms with Gasteiger partial charge in [-0.15, -0.1) is 11.3 Å². The summed E-state index contributed by atoms with van der Waals surface area (Å²) in [5.41, 5.74) is 7.99. The van der Waals surface area contributed by atoms with E-state index in [1.54, 1.807) is 11.3 Å². The van der Waals surface area contributed by atoms with Crippen molar-refractivity contribution >= 4 is 43.3 Å². The van der Waals surface area contributed by atoms with Crippen molar-refractivity contribution in [3.63, 3.8) is 0 Å². The average Bonchev–Trinajstić information content (AvgIpc) is 2.91. The Labute approximate surface area is 124 Å². The first kappa shape index (κ1) is 12.7. The summed E-state index contributed by atoms with van der Waals surface area (Å²) in [6.45, 7) is 4.34. The third-order valence-electron chi connectivity index (χ3n) is 3.02. The maximum atomic E-state index is 5.83. The average molecular weight is 336 g/mol. The van der Waals surface area contributed by atoms with Gasteiger partial charge in [0.15, 0.2) is 5.82 Å². The summed E-state index contributed by atoms with van der Waals surface area (Å²) < 4.78 is 3.30. The highest BCUT2D eigenvalue weighted by Crippen LogP contribution is 2.34. The van der Waals surface area contributed by atoms with Crippen molar-refractivity contribution in [1.82, 2.24) is 9.55 Å². The van der Waals surface area contributed by atoms with Crippen LogP contribution >= 0.6 is 27.3 Å². The van der Waals surface area contributed by atoms with Gasteiger partial charge in [-0.2, -0.15) is 0 Å². The second-order valence-electron chi connectivity index (χ2n) is 4.73. The molecule has 0 unspecified atom stereocenters. The second-order valence-corrected chi connectivity index (χ2v) is 6.77. The van der Waals surface area contributed by atoms with E-state index in [4.69, 9.17) is 10.7 Å². The van der Waals surface area contributed by atoms with Gasteiger partial charge in [0.2, 0.25) is 0 Å². The molecule has 0 amide bonds. The maximum absolute atomic E-state index is 5.83. The van der Waals surface area contributed by atoms with Crippen LogP contribution in [0.15, 0.2) is 34.8 Å². The zero-order valence-electron chi connectivity index (χ0n) is 10.7. The SMILES string of the molecule is CC(C)n1c(-c2ccc(N)s2)nc2cc(Br)ccc21. The number of hydrogen-bond donors (Lipinski definition) is 1. The molecule has 3 rings (SSSR count). The van der Waals surface area contributed by atoms with Crippen molar-refractivity contribution in [2.45, 2.75) is 19.9 Å². The summed E-state index contributed by atoms with van der Waals surface area (Å²) in [5.74, 6) is 0.991. The smallest absolute Gasteiger partial charge is 0.151 e. The molecule has 3 nitrogen and oxygen atoms in total. The number of nitrogen functional groups attached to an aromatic ring is 1. The number of rotatable bonds is 2. The predicted molar refractivity (Wildman–Crippen MR) is 85.5 cm³/mol. The number of imidazole rings is 1. The molecule has 19 heavy (non-hydrogen) atoms. The molecule has 2 N–H and O–H groups in total. The van der Waals surface area contributed by atoms with Gasteiger partial charge in [-0.25, -0.2) is 4.98 Å². The molecule has 0 aliphatic heterocycles. The lowest BCUT2D eigenvalue weighted by Crippen LogP contribution is -2.02. The van der Waals surface area contributed by atoms with Gasteiger partial charge in [-0.1, -0.05) is 15.9 Å². The van der Waals surface area contributed by atoms with Crippen LogP contribution in [0.3, 0.4) is 0 Å². The van der Waals surface area contributed by atoms with Gasteiger partial charge in [0.05, 0.1) is 20.9 Å². The first-order valence-electron chi connectivity index (χ1n) is 6.09. The molecule has 0 fully saturated rings. The molecular formula is C14H14BrN3S. The highest BCUT2D eigenvalue weighted by molar-refractivity contribution is 9.10. The van der Waals surface area contributed by atoms with Gasteiger partial charge in [-0.3, -0.25) is 0 Å². The van der Waals surface area contributed by atoms with Crippen molar-refractivity contribution in [3.05, 3.63) is 34.8 Å². The van der Waals surface area contributed by atoms with Crippen LogP contribution in [0, 0.1) is 0 Å². The molecule has 2 aromatic heterocycles. The van der Waals surface area contributed by atoms with Gasteiger partial charge in [0.1, 0.15) is 0 Å². The number of aromatic nitrogens is 2. The normalized spacial score (nSPS) is 11.6. The van der Waals surface area contributed by atoms with Crippen LogP contribution in [0.1, 0.15) is 19.9 Å². The molecule has 0 radical (unpaired) electrons. The van der Waals surface area contributed by atoms with Crippen molar-refractivity contribution in [3.8, 4) is 10.7 Å². The number of halogens is 1. The van der Waals surface area contributed by atoms with Crippen LogP contribution in [0.2, 0.25) is 0 Å². The highest BCUT2D eigenvalue weighted by Gasteiger charge is 2.16. The minimum atomic E-state index is 0.351. The molecule has 2 heterocycles. The predicted octanol–water partition coefficient (Wildman–Crippen LogP) is 4.69. The molecular weight excluding hydrogens is 322 g/mol. The summed E-state index contributed by atoms with van der Waals surface area (Å²) in [4.78, 5) is 5.88. The Morgan fingerprint density at radius 3 is 2.68 bits per heavy atom. The van der Waals surface area contributed by atoms with Crippen molar-refractivity contribution in [1.29, 1.82) is 0 Å². The topological polar surface area (TPSA) is 43.8 Å². The van der Waals surface area contributed by atoms with E-state index >= 15 is 0 Å². The summed E-state index contributed by atoms with van der Waals surface area (Å²) in [6.07, 6.45) is 0. The molecule has 1 aromatic carbocycles. The highest BCUT2D eigenvalue weighted by atomic mass is 79.9. The van der Waals surface area contributed by atoms with E-state index in [1.807, 2.05) is 12.1 Å². The number of hydrogen-bond acceptors (Lipinski definition) is 3. The lowest BCUT2D eigenvalue weighted by atomic mass is 10.3. The molecule has 5 heteroatoms. The number of anilines is 1. The van der Waals surface area contributed by atoms with Crippen LogP contribution in [0.25, 0.3) is 21.7 Å². The first-order valence-corrected chi connectivity index (χ1v) is 7.70. The summed E-state index contributed by atoms with van der Waals surface area (Å²) in [5, 5.41) is 0.818. The molecule has 0 spiro atoms. The first-order chi connectivity index (χ1) is 9.06. The van der Waals surface area contributed by atoms with E-state index in [-0.39, 0.29) is 0 Å². The zero-order chi connectivity index (χ0) is 13.6. The minimum Gasteiger partial charge on any atom is -0.391 e. The Kier molecular flexibility index (Phi) is 3.11. The largest absolute Gasteiger partial charge is 0.391 e. The molecule has 0 aliphatic rings. The fourth-order valence-corrected chi connectivity index (χ4v) is 3.35. The summed E-state index contributed by atoms with van der Waals surface area (Å²) in [7, 11) is 0. The number of thiophene rings is 1. The minimum absolute atomic E-state index is 0.351. The van der Waals surface area contributed by atoms with Gasteiger partial charge >= 0.3 is 0 Å². The van der Waals surface area contributed by atoms with Crippen LogP contribution < -0.4 is 5.73 Å². The van der Waals surface area contributed by atoms with E-state index in [1.165, 1.54) is 0 Å². The number of nitrogens with two attached hydrogens (primary N) is 1. The van der Waals surface area contributed by atoms with Crippen LogP contribution in [-0.2, 0) is 0 Å². The third kappa shape index (κ3) is 2.17. The monoisotopic (exact) mass is 335 g/mol. The maximum Gasteiger partial charge on any atom is 0.151 e. The van der Waals surface area contributed by atoms with Crippen molar-refractivity contribution in [2.24, 2.45) is 0 Å². The number of nitrogens with zero attached hydrogens (tertiary/aromatic N) is 2. The van der Waals surface area contributed by atoms with Gasteiger partial charge in [-0.05, 0) is 44.2 Å². The van der Waals surface area contributed by atoms with Gasteiger partial charge in [0, 0.05) is 10.5 Å². The molecule has 98 valence electrons. The van der Waals surface area contributed by atoms with E-state index in [2.05, 4.69) is 52.5 Å². The summed E-state index contributed by atoms with van der Waals surface area (Å²) in [6, 6.07) is 10.5. The van der Waals surface area contributed by atoms with Gasteiger partial charge in [0.25, 0.3) is 0 Å². The number of benzene rings is 1. The lowest BCUT2D eigenvalue weighted by Gasteiger charge is -2.12. The Morgan fingerprint density at radius 1 is 1.26 bits per heavy atom. The molecule has 0 saturated heterocycles.